The molecular formula is C6H15NO3S. The van der Waals surface area contributed by atoms with E-state index in [1.807, 2.05) is 13.8 Å². The molecule has 0 spiro atoms. The quantitative estimate of drug-likeness (QED) is 0.609. The highest BCUT2D eigenvalue weighted by atomic mass is 32.2. The lowest BCUT2D eigenvalue weighted by Gasteiger charge is -2.15. The van der Waals surface area contributed by atoms with Crippen molar-refractivity contribution in [3.63, 3.8) is 0 Å². The lowest BCUT2D eigenvalue weighted by Crippen LogP contribution is -2.35. The Labute approximate surface area is 67.5 Å². The summed E-state index contributed by atoms with van der Waals surface area (Å²) in [7, 11) is -3.90. The van der Waals surface area contributed by atoms with Gasteiger partial charge in [-0.3, -0.25) is 4.55 Å². The molecule has 0 aromatic rings. The average molecular weight is 181 g/mol. The van der Waals surface area contributed by atoms with Crippen molar-refractivity contribution < 1.29 is 13.0 Å². The van der Waals surface area contributed by atoms with Crippen molar-refractivity contribution in [2.75, 3.05) is 5.75 Å². The van der Waals surface area contributed by atoms with E-state index in [1.165, 1.54) is 0 Å². The van der Waals surface area contributed by atoms with E-state index in [1.54, 1.807) is 0 Å². The van der Waals surface area contributed by atoms with Crippen molar-refractivity contribution in [3.8, 4) is 0 Å². The van der Waals surface area contributed by atoms with Gasteiger partial charge in [-0.1, -0.05) is 20.3 Å². The Balaban J connectivity index is 3.98. The minimum Gasteiger partial charge on any atom is -0.326 e. The number of rotatable bonds is 4. The fourth-order valence-corrected chi connectivity index (χ4v) is 1.53. The van der Waals surface area contributed by atoms with Crippen LogP contribution in [0.15, 0.2) is 0 Å². The summed E-state index contributed by atoms with van der Waals surface area (Å²) in [4.78, 5) is 0. The molecule has 0 fully saturated rings. The normalized spacial score (nSPS) is 17.8. The molecule has 68 valence electrons. The molecular weight excluding hydrogens is 166 g/mol. The van der Waals surface area contributed by atoms with Crippen molar-refractivity contribution in [2.24, 2.45) is 11.7 Å². The molecule has 0 aliphatic heterocycles. The summed E-state index contributed by atoms with van der Waals surface area (Å²) in [5.41, 5.74) is 5.47. The first kappa shape index (κ1) is 10.9. The van der Waals surface area contributed by atoms with Crippen LogP contribution in [0.3, 0.4) is 0 Å². The molecule has 0 heterocycles. The molecule has 0 saturated heterocycles. The molecule has 2 atom stereocenters. The molecule has 0 unspecified atom stereocenters. The average Bonchev–Trinajstić information content (AvgIpc) is 1.82. The standard InChI is InChI=1S/C6H15NO3S/c1-3-5(2)6(7)4-11(8,9)10/h5-6H,3-4,7H2,1-2H3,(H,8,9,10)/t5-,6+/m0/s1. The van der Waals surface area contributed by atoms with Crippen LogP contribution in [0.4, 0.5) is 0 Å². The summed E-state index contributed by atoms with van der Waals surface area (Å²) in [6.07, 6.45) is 0.816. The van der Waals surface area contributed by atoms with Gasteiger partial charge in [0, 0.05) is 6.04 Å². The van der Waals surface area contributed by atoms with Crippen LogP contribution in [-0.2, 0) is 10.1 Å². The highest BCUT2D eigenvalue weighted by Gasteiger charge is 2.17. The summed E-state index contributed by atoms with van der Waals surface area (Å²) in [5, 5.41) is 0. The van der Waals surface area contributed by atoms with Crippen LogP contribution >= 0.6 is 0 Å². The zero-order chi connectivity index (χ0) is 9.07. The van der Waals surface area contributed by atoms with Gasteiger partial charge in [0.2, 0.25) is 0 Å². The Morgan fingerprint density at radius 3 is 2.27 bits per heavy atom. The lowest BCUT2D eigenvalue weighted by atomic mass is 10.0. The maximum Gasteiger partial charge on any atom is 0.266 e. The lowest BCUT2D eigenvalue weighted by molar-refractivity contribution is 0.437. The first-order valence-corrected chi connectivity index (χ1v) is 5.18. The largest absolute Gasteiger partial charge is 0.326 e. The van der Waals surface area contributed by atoms with Gasteiger partial charge in [0.05, 0.1) is 5.75 Å². The van der Waals surface area contributed by atoms with Gasteiger partial charge in [-0.05, 0) is 5.92 Å². The molecule has 0 bridgehead atoms. The fourth-order valence-electron chi connectivity index (χ4n) is 0.710. The first-order chi connectivity index (χ1) is 4.87. The topological polar surface area (TPSA) is 80.4 Å². The van der Waals surface area contributed by atoms with Crippen LogP contribution in [0.1, 0.15) is 20.3 Å². The van der Waals surface area contributed by atoms with Crippen LogP contribution in [-0.4, -0.2) is 24.8 Å². The summed E-state index contributed by atoms with van der Waals surface area (Å²) in [6.45, 7) is 3.78. The van der Waals surface area contributed by atoms with Crippen LogP contribution in [0.5, 0.6) is 0 Å². The SMILES string of the molecule is CC[C@H](C)[C@H](N)CS(=O)(=O)O. The highest BCUT2D eigenvalue weighted by Crippen LogP contribution is 2.06. The third-order valence-electron chi connectivity index (χ3n) is 1.78. The number of hydrogen-bond acceptors (Lipinski definition) is 3. The molecule has 4 nitrogen and oxygen atoms in total. The van der Waals surface area contributed by atoms with Crippen molar-refractivity contribution in [1.29, 1.82) is 0 Å². The van der Waals surface area contributed by atoms with Gasteiger partial charge in [0.1, 0.15) is 0 Å². The summed E-state index contributed by atoms with van der Waals surface area (Å²) in [5.74, 6) is -0.223. The molecule has 5 heteroatoms. The van der Waals surface area contributed by atoms with E-state index in [2.05, 4.69) is 0 Å². The monoisotopic (exact) mass is 181 g/mol. The van der Waals surface area contributed by atoms with Gasteiger partial charge in [0.15, 0.2) is 0 Å². The maximum atomic E-state index is 10.3. The number of hydrogen-bond donors (Lipinski definition) is 2. The van der Waals surface area contributed by atoms with Crippen molar-refractivity contribution >= 4 is 10.1 Å². The second kappa shape index (κ2) is 4.04. The highest BCUT2D eigenvalue weighted by molar-refractivity contribution is 7.85. The van der Waals surface area contributed by atoms with Crippen LogP contribution in [0, 0.1) is 5.92 Å². The van der Waals surface area contributed by atoms with Gasteiger partial charge in [-0.15, -0.1) is 0 Å². The second-order valence-corrected chi connectivity index (χ2v) is 4.30. The molecule has 0 saturated carbocycles. The van der Waals surface area contributed by atoms with Crippen LogP contribution < -0.4 is 5.73 Å². The van der Waals surface area contributed by atoms with Crippen LogP contribution in [0.25, 0.3) is 0 Å². The van der Waals surface area contributed by atoms with Crippen molar-refractivity contribution in [3.05, 3.63) is 0 Å². The first-order valence-electron chi connectivity index (χ1n) is 3.57. The predicted octanol–water partition coefficient (Wildman–Crippen LogP) is 0.248. The van der Waals surface area contributed by atoms with E-state index < -0.39 is 16.2 Å². The molecule has 0 aliphatic rings. The molecule has 11 heavy (non-hydrogen) atoms. The van der Waals surface area contributed by atoms with E-state index in [0.717, 1.165) is 6.42 Å². The molecule has 0 amide bonds. The minimum atomic E-state index is -3.90. The zero-order valence-electron chi connectivity index (χ0n) is 6.82. The van der Waals surface area contributed by atoms with Crippen LogP contribution in [0.2, 0.25) is 0 Å². The maximum absolute atomic E-state index is 10.3. The zero-order valence-corrected chi connectivity index (χ0v) is 7.63. The Bertz CT molecular complexity index is 200. The van der Waals surface area contributed by atoms with Gasteiger partial charge >= 0.3 is 0 Å². The molecule has 3 N–H and O–H groups in total. The van der Waals surface area contributed by atoms with Gasteiger partial charge in [0.25, 0.3) is 10.1 Å². The van der Waals surface area contributed by atoms with E-state index >= 15 is 0 Å². The number of nitrogens with two attached hydrogens (primary N) is 1. The van der Waals surface area contributed by atoms with Gasteiger partial charge in [-0.2, -0.15) is 8.42 Å². The summed E-state index contributed by atoms with van der Waals surface area (Å²) >= 11 is 0. The molecule has 0 aromatic carbocycles. The summed E-state index contributed by atoms with van der Waals surface area (Å²) < 4.78 is 29.1. The van der Waals surface area contributed by atoms with E-state index in [0.29, 0.717) is 0 Å². The Morgan fingerprint density at radius 1 is 1.55 bits per heavy atom. The Hall–Kier alpha value is -0.130. The minimum absolute atomic E-state index is 0.122. The fraction of sp³-hybridized carbons (Fsp3) is 1.00. The molecule has 0 aliphatic carbocycles. The van der Waals surface area contributed by atoms with Crippen molar-refractivity contribution in [1.82, 2.24) is 0 Å². The van der Waals surface area contributed by atoms with E-state index in [-0.39, 0.29) is 11.7 Å². The molecule has 0 rings (SSSR count). The Morgan fingerprint density at radius 2 is 2.00 bits per heavy atom. The second-order valence-electron chi connectivity index (χ2n) is 2.80. The Kier molecular flexibility index (Phi) is 3.99. The van der Waals surface area contributed by atoms with Crippen molar-refractivity contribution in [2.45, 2.75) is 26.3 Å². The smallest absolute Gasteiger partial charge is 0.266 e. The van der Waals surface area contributed by atoms with E-state index in [4.69, 9.17) is 10.3 Å². The van der Waals surface area contributed by atoms with E-state index in [9.17, 15) is 8.42 Å². The third-order valence-corrected chi connectivity index (χ3v) is 2.58. The van der Waals surface area contributed by atoms with Gasteiger partial charge in [-0.25, -0.2) is 0 Å². The van der Waals surface area contributed by atoms with Gasteiger partial charge < -0.3 is 5.73 Å². The molecule has 0 aromatic heterocycles. The predicted molar refractivity (Wildman–Crippen MR) is 43.8 cm³/mol. The third kappa shape index (κ3) is 5.17. The summed E-state index contributed by atoms with van der Waals surface area (Å²) in [6, 6.07) is -0.463. The molecule has 0 radical (unpaired) electrons.